The molecule has 0 rings (SSSR count). The highest BCUT2D eigenvalue weighted by atomic mass is 16.7. The van der Waals surface area contributed by atoms with Gasteiger partial charge in [-0.3, -0.25) is 0 Å². The maximum Gasteiger partial charge on any atom is 0.281 e. The van der Waals surface area contributed by atoms with Gasteiger partial charge in [0.2, 0.25) is 0 Å². The highest BCUT2D eigenvalue weighted by Gasteiger charge is 2.46. The van der Waals surface area contributed by atoms with Crippen LogP contribution in [0, 0.1) is 5.41 Å². The van der Waals surface area contributed by atoms with Crippen LogP contribution in [-0.4, -0.2) is 21.3 Å². The van der Waals surface area contributed by atoms with Gasteiger partial charge in [-0.25, -0.2) is 0 Å². The summed E-state index contributed by atoms with van der Waals surface area (Å²) in [5, 5.41) is 31.3. The zero-order valence-electron chi connectivity index (χ0n) is 21.5. The van der Waals surface area contributed by atoms with Crippen LogP contribution < -0.4 is 0 Å². The minimum Gasteiger partial charge on any atom is -0.343 e. The molecule has 0 spiro atoms. The van der Waals surface area contributed by atoms with E-state index in [1.165, 1.54) is 0 Å². The van der Waals surface area contributed by atoms with Gasteiger partial charge < -0.3 is 15.3 Å². The van der Waals surface area contributed by atoms with Gasteiger partial charge in [0.05, 0.1) is 5.41 Å². The second-order valence-corrected chi connectivity index (χ2v) is 9.35. The molecular weight excluding hydrogens is 396 g/mol. The van der Waals surface area contributed by atoms with Gasteiger partial charge in [0, 0.05) is 0 Å². The van der Waals surface area contributed by atoms with Crippen LogP contribution in [0.25, 0.3) is 0 Å². The van der Waals surface area contributed by atoms with Gasteiger partial charge >= 0.3 is 0 Å². The maximum absolute atomic E-state index is 10.4. The maximum atomic E-state index is 10.4. The Morgan fingerprint density at radius 3 is 1.00 bits per heavy atom. The minimum absolute atomic E-state index is 0.680. The number of aliphatic hydroxyl groups is 3. The Kier molecular flexibility index (Phi) is 20.1. The van der Waals surface area contributed by atoms with E-state index in [9.17, 15) is 15.3 Å². The second-order valence-electron chi connectivity index (χ2n) is 9.35. The first-order valence-electron chi connectivity index (χ1n) is 13.6. The van der Waals surface area contributed by atoms with E-state index in [-0.39, 0.29) is 0 Å². The fourth-order valence-electron chi connectivity index (χ4n) is 4.44. The van der Waals surface area contributed by atoms with Gasteiger partial charge in [-0.15, -0.1) is 0 Å². The summed E-state index contributed by atoms with van der Waals surface area (Å²) in [7, 11) is 0. The van der Waals surface area contributed by atoms with Crippen LogP contribution in [0.2, 0.25) is 0 Å². The van der Waals surface area contributed by atoms with Crippen LogP contribution in [-0.2, 0) is 0 Å². The topological polar surface area (TPSA) is 60.7 Å². The molecule has 0 aromatic carbocycles. The third kappa shape index (κ3) is 15.8. The first-order valence-corrected chi connectivity index (χ1v) is 13.6. The Balaban J connectivity index is 4.79. The van der Waals surface area contributed by atoms with Gasteiger partial charge in [-0.2, -0.15) is 0 Å². The molecule has 0 radical (unpaired) electrons. The smallest absolute Gasteiger partial charge is 0.281 e. The number of rotatable bonds is 22. The first kappa shape index (κ1) is 31.1. The van der Waals surface area contributed by atoms with Crippen molar-refractivity contribution in [2.45, 2.75) is 142 Å². The molecule has 0 heterocycles. The lowest BCUT2D eigenvalue weighted by Gasteiger charge is -2.41. The Hall–Kier alpha value is -0.900. The van der Waals surface area contributed by atoms with Gasteiger partial charge in [0.15, 0.2) is 0 Å². The Labute approximate surface area is 199 Å². The lowest BCUT2D eigenvalue weighted by atomic mass is 9.71. The summed E-state index contributed by atoms with van der Waals surface area (Å²) >= 11 is 0. The summed E-state index contributed by atoms with van der Waals surface area (Å²) in [6, 6.07) is 0. The van der Waals surface area contributed by atoms with Crippen molar-refractivity contribution in [1.29, 1.82) is 0 Å². The first-order chi connectivity index (χ1) is 15.4. The van der Waals surface area contributed by atoms with E-state index in [1.54, 1.807) is 0 Å². The number of allylic oxidation sites excluding steroid dienone is 6. The van der Waals surface area contributed by atoms with Crippen molar-refractivity contribution in [3.05, 3.63) is 36.5 Å². The SMILES string of the molecule is CC/C=C\CCCCCC(CCCCC/C=C\CC)(CCCCC/C=C\CC)C(O)(O)O. The summed E-state index contributed by atoms with van der Waals surface area (Å²) in [5.41, 5.74) is -0.815. The Morgan fingerprint density at radius 1 is 0.438 bits per heavy atom. The molecule has 0 aliphatic rings. The van der Waals surface area contributed by atoms with E-state index in [2.05, 4.69) is 57.2 Å². The van der Waals surface area contributed by atoms with Crippen molar-refractivity contribution in [3.63, 3.8) is 0 Å². The quantitative estimate of drug-likeness (QED) is 0.0882. The van der Waals surface area contributed by atoms with Gasteiger partial charge in [-0.1, -0.05) is 95.8 Å². The molecule has 0 amide bonds. The molecule has 3 nitrogen and oxygen atoms in total. The molecule has 188 valence electrons. The molecule has 0 aliphatic heterocycles. The standard InChI is InChI=1S/C29H54O3/c1-4-7-10-13-16-19-22-25-28(29(30,31)32,26-23-20-17-14-11-8-5-2)27-24-21-18-15-12-9-6-3/h7-12,30-32H,4-6,13-27H2,1-3H3/b10-7-,11-8-,12-9-. The van der Waals surface area contributed by atoms with E-state index in [4.69, 9.17) is 0 Å². The van der Waals surface area contributed by atoms with E-state index < -0.39 is 11.4 Å². The normalized spacial score (nSPS) is 13.3. The summed E-state index contributed by atoms with van der Waals surface area (Å²) in [5.74, 6) is -2.60. The summed E-state index contributed by atoms with van der Waals surface area (Å²) < 4.78 is 0. The Bertz CT molecular complexity index is 425. The molecule has 0 saturated carbocycles. The molecule has 0 bridgehead atoms. The molecule has 32 heavy (non-hydrogen) atoms. The fraction of sp³-hybridized carbons (Fsp3) is 0.793. The highest BCUT2D eigenvalue weighted by Crippen LogP contribution is 2.44. The monoisotopic (exact) mass is 450 g/mol. The van der Waals surface area contributed by atoms with E-state index in [1.807, 2.05) is 0 Å². The van der Waals surface area contributed by atoms with Crippen molar-refractivity contribution in [2.24, 2.45) is 5.41 Å². The summed E-state index contributed by atoms with van der Waals surface area (Å²) in [6.07, 6.45) is 31.2. The average molecular weight is 451 g/mol. The Morgan fingerprint density at radius 2 is 0.750 bits per heavy atom. The number of unbranched alkanes of at least 4 members (excludes halogenated alkanes) is 9. The van der Waals surface area contributed by atoms with Crippen LogP contribution in [0.1, 0.15) is 136 Å². The molecule has 3 heteroatoms. The predicted octanol–water partition coefficient (Wildman–Crippen LogP) is 8.35. The van der Waals surface area contributed by atoms with Crippen LogP contribution in [0.4, 0.5) is 0 Å². The van der Waals surface area contributed by atoms with Crippen LogP contribution >= 0.6 is 0 Å². The van der Waals surface area contributed by atoms with Crippen molar-refractivity contribution in [2.75, 3.05) is 0 Å². The van der Waals surface area contributed by atoms with Crippen LogP contribution in [0.3, 0.4) is 0 Å². The minimum atomic E-state index is -2.60. The second kappa shape index (κ2) is 20.7. The third-order valence-electron chi connectivity index (χ3n) is 6.50. The summed E-state index contributed by atoms with van der Waals surface area (Å²) in [6.45, 7) is 6.44. The lowest BCUT2D eigenvalue weighted by Crippen LogP contribution is -2.48. The molecule has 0 atom stereocenters. The van der Waals surface area contributed by atoms with Gasteiger partial charge in [0.1, 0.15) is 0 Å². The van der Waals surface area contributed by atoms with Crippen molar-refractivity contribution in [1.82, 2.24) is 0 Å². The molecule has 0 saturated heterocycles. The predicted molar refractivity (Wildman–Crippen MR) is 139 cm³/mol. The van der Waals surface area contributed by atoms with Gasteiger partial charge in [-0.05, 0) is 77.0 Å². The average Bonchev–Trinajstić information content (AvgIpc) is 2.75. The third-order valence-corrected chi connectivity index (χ3v) is 6.50. The molecule has 3 N–H and O–H groups in total. The van der Waals surface area contributed by atoms with Crippen molar-refractivity contribution < 1.29 is 15.3 Å². The number of hydrogen-bond acceptors (Lipinski definition) is 3. The highest BCUT2D eigenvalue weighted by molar-refractivity contribution is 4.87. The molecule has 0 aromatic heterocycles. The lowest BCUT2D eigenvalue weighted by molar-refractivity contribution is -0.380. The number of hydrogen-bond donors (Lipinski definition) is 3. The largest absolute Gasteiger partial charge is 0.343 e. The van der Waals surface area contributed by atoms with Gasteiger partial charge in [0.25, 0.3) is 5.97 Å². The van der Waals surface area contributed by atoms with Crippen molar-refractivity contribution >= 4 is 0 Å². The van der Waals surface area contributed by atoms with Crippen molar-refractivity contribution in [3.8, 4) is 0 Å². The zero-order chi connectivity index (χ0) is 24.0. The van der Waals surface area contributed by atoms with Crippen LogP contribution in [0.5, 0.6) is 0 Å². The van der Waals surface area contributed by atoms with Crippen LogP contribution in [0.15, 0.2) is 36.5 Å². The molecule has 0 aromatic rings. The summed E-state index contributed by atoms with van der Waals surface area (Å²) in [4.78, 5) is 0. The van der Waals surface area contributed by atoms with E-state index >= 15 is 0 Å². The van der Waals surface area contributed by atoms with E-state index in [0.29, 0.717) is 19.3 Å². The molecule has 0 aliphatic carbocycles. The molecule has 0 unspecified atom stereocenters. The molecule has 0 fully saturated rings. The zero-order valence-corrected chi connectivity index (χ0v) is 21.5. The fourth-order valence-corrected chi connectivity index (χ4v) is 4.44. The molecular formula is C29H54O3. The van der Waals surface area contributed by atoms with E-state index in [0.717, 1.165) is 96.3 Å².